The van der Waals surface area contributed by atoms with Crippen LogP contribution in [0.3, 0.4) is 0 Å². The number of benzene rings is 1. The van der Waals surface area contributed by atoms with Crippen LogP contribution < -0.4 is 0 Å². The summed E-state index contributed by atoms with van der Waals surface area (Å²) in [5, 5.41) is 20.9. The standard InChI is InChI=1S/C15H20NO8P/c1-4-22-15(18)14(25(21,23-5-2)24-6-3)13(17)11-9-7-8-10-12(11)16(19)20/h7-10,17H,4-6H2,1-3H3/b14-13-. The average Bonchev–Trinajstić information content (AvgIpc) is 2.55. The maximum atomic E-state index is 13.0. The van der Waals surface area contributed by atoms with Gasteiger partial charge in [0.05, 0.1) is 30.3 Å². The predicted molar refractivity (Wildman–Crippen MR) is 90.1 cm³/mol. The molecule has 10 heteroatoms. The fourth-order valence-electron chi connectivity index (χ4n) is 2.00. The van der Waals surface area contributed by atoms with Crippen molar-refractivity contribution >= 4 is 25.0 Å². The van der Waals surface area contributed by atoms with Crippen molar-refractivity contribution in [2.75, 3.05) is 19.8 Å². The zero-order chi connectivity index (χ0) is 19.0. The van der Waals surface area contributed by atoms with Crippen molar-refractivity contribution in [1.29, 1.82) is 0 Å². The molecule has 1 aromatic carbocycles. The largest absolute Gasteiger partial charge is 0.506 e. The molecular weight excluding hydrogens is 353 g/mol. The summed E-state index contributed by atoms with van der Waals surface area (Å²) in [4.78, 5) is 22.7. The second kappa shape index (κ2) is 9.31. The van der Waals surface area contributed by atoms with E-state index in [2.05, 4.69) is 0 Å². The van der Waals surface area contributed by atoms with Crippen LogP contribution in [0.4, 0.5) is 5.69 Å². The number of carbonyl (C=O) groups is 1. The van der Waals surface area contributed by atoms with Crippen LogP contribution in [0, 0.1) is 10.1 Å². The SMILES string of the molecule is CCOC(=O)/C(=C(/O)c1ccccc1[N+](=O)[O-])P(=O)(OCC)OCC. The van der Waals surface area contributed by atoms with E-state index in [0.29, 0.717) is 0 Å². The molecule has 0 amide bonds. The van der Waals surface area contributed by atoms with Crippen molar-refractivity contribution in [3.8, 4) is 0 Å². The van der Waals surface area contributed by atoms with Gasteiger partial charge in [0.25, 0.3) is 5.69 Å². The summed E-state index contributed by atoms with van der Waals surface area (Å²) in [5.74, 6) is -2.01. The zero-order valence-electron chi connectivity index (χ0n) is 14.1. The Balaban J connectivity index is 3.70. The zero-order valence-corrected chi connectivity index (χ0v) is 15.0. The van der Waals surface area contributed by atoms with Crippen LogP contribution in [0.5, 0.6) is 0 Å². The summed E-state index contributed by atoms with van der Waals surface area (Å²) < 4.78 is 28.0. The molecule has 0 aromatic heterocycles. The van der Waals surface area contributed by atoms with Gasteiger partial charge in [-0.15, -0.1) is 0 Å². The fourth-order valence-corrected chi connectivity index (χ4v) is 3.69. The van der Waals surface area contributed by atoms with Gasteiger partial charge in [-0.2, -0.15) is 0 Å². The van der Waals surface area contributed by atoms with Gasteiger partial charge in [0.15, 0.2) is 11.1 Å². The Morgan fingerprint density at radius 1 is 1.16 bits per heavy atom. The molecule has 0 saturated carbocycles. The van der Waals surface area contributed by atoms with E-state index in [1.807, 2.05) is 0 Å². The highest BCUT2D eigenvalue weighted by Crippen LogP contribution is 2.58. The van der Waals surface area contributed by atoms with Gasteiger partial charge < -0.3 is 18.9 Å². The highest BCUT2D eigenvalue weighted by Gasteiger charge is 2.41. The molecule has 1 aromatic rings. The molecule has 0 atom stereocenters. The summed E-state index contributed by atoms with van der Waals surface area (Å²) in [5.41, 5.74) is -0.767. The average molecular weight is 373 g/mol. The Labute approximate surface area is 144 Å². The minimum atomic E-state index is -4.25. The predicted octanol–water partition coefficient (Wildman–Crippen LogP) is 3.65. The minimum Gasteiger partial charge on any atom is -0.506 e. The number of ether oxygens (including phenoxy) is 1. The van der Waals surface area contributed by atoms with Crippen LogP contribution in [0.2, 0.25) is 0 Å². The molecule has 1 rings (SSSR count). The van der Waals surface area contributed by atoms with Crippen LogP contribution in [0.25, 0.3) is 5.76 Å². The molecule has 1 N–H and O–H groups in total. The topological polar surface area (TPSA) is 125 Å². The van der Waals surface area contributed by atoms with Gasteiger partial charge in [0.1, 0.15) is 0 Å². The lowest BCUT2D eigenvalue weighted by atomic mass is 10.1. The summed E-state index contributed by atoms with van der Waals surface area (Å²) >= 11 is 0. The second-order valence-corrected chi connectivity index (χ2v) is 6.48. The number of aliphatic hydroxyl groups excluding tert-OH is 1. The molecule has 0 fully saturated rings. The molecule has 9 nitrogen and oxygen atoms in total. The van der Waals surface area contributed by atoms with E-state index in [4.69, 9.17) is 13.8 Å². The minimum absolute atomic E-state index is 0.0647. The first kappa shape index (κ1) is 20.8. The maximum Gasteiger partial charge on any atom is 0.372 e. The molecule has 25 heavy (non-hydrogen) atoms. The van der Waals surface area contributed by atoms with Gasteiger partial charge >= 0.3 is 13.6 Å². The number of carbonyl (C=O) groups excluding carboxylic acids is 1. The third-order valence-corrected chi connectivity index (χ3v) is 5.06. The molecular formula is C15H20NO8P. The van der Waals surface area contributed by atoms with E-state index in [1.54, 1.807) is 0 Å². The van der Waals surface area contributed by atoms with Crippen LogP contribution in [0.15, 0.2) is 29.6 Å². The number of rotatable bonds is 9. The molecule has 138 valence electrons. The fraction of sp³-hybridized carbons (Fsp3) is 0.400. The van der Waals surface area contributed by atoms with Crippen molar-refractivity contribution in [2.24, 2.45) is 0 Å². The van der Waals surface area contributed by atoms with E-state index in [0.717, 1.165) is 6.07 Å². The Bertz CT molecular complexity index is 705. The molecule has 0 aliphatic rings. The highest BCUT2D eigenvalue weighted by atomic mass is 31.2. The summed E-state index contributed by atoms with van der Waals surface area (Å²) in [7, 11) is -4.25. The van der Waals surface area contributed by atoms with Gasteiger partial charge in [0.2, 0.25) is 0 Å². The van der Waals surface area contributed by atoms with Gasteiger partial charge in [-0.25, -0.2) is 4.79 Å². The smallest absolute Gasteiger partial charge is 0.372 e. The molecule has 0 aliphatic heterocycles. The first-order valence-corrected chi connectivity index (χ1v) is 9.10. The Kier molecular flexibility index (Phi) is 7.76. The Hall–Kier alpha value is -2.22. The summed E-state index contributed by atoms with van der Waals surface area (Å²) in [6, 6.07) is 5.17. The third-order valence-electron chi connectivity index (χ3n) is 2.92. The Morgan fingerprint density at radius 2 is 1.72 bits per heavy atom. The monoisotopic (exact) mass is 373 g/mol. The molecule has 0 spiro atoms. The number of nitro groups is 1. The number of para-hydroxylation sites is 1. The number of aliphatic hydroxyl groups is 1. The van der Waals surface area contributed by atoms with Crippen LogP contribution in [-0.2, 0) is 23.1 Å². The molecule has 0 saturated heterocycles. The van der Waals surface area contributed by atoms with Gasteiger partial charge in [0, 0.05) is 6.07 Å². The molecule has 0 radical (unpaired) electrons. The van der Waals surface area contributed by atoms with Crippen molar-refractivity contribution in [3.63, 3.8) is 0 Å². The summed E-state index contributed by atoms with van der Waals surface area (Å²) in [6.45, 7) is 4.34. The maximum absolute atomic E-state index is 13.0. The molecule has 0 bridgehead atoms. The Morgan fingerprint density at radius 3 is 2.20 bits per heavy atom. The first-order chi connectivity index (χ1) is 11.8. The number of nitro benzene ring substituents is 1. The van der Waals surface area contributed by atoms with Crippen LogP contribution in [-0.4, -0.2) is 35.8 Å². The number of hydrogen-bond acceptors (Lipinski definition) is 8. The number of nitrogens with zero attached hydrogens (tertiary/aromatic N) is 1. The lowest BCUT2D eigenvalue weighted by molar-refractivity contribution is -0.385. The molecule has 0 unspecified atom stereocenters. The van der Waals surface area contributed by atoms with E-state index in [9.17, 15) is 24.6 Å². The quantitative estimate of drug-likeness (QED) is 0.174. The third kappa shape index (κ3) is 4.88. The van der Waals surface area contributed by atoms with Gasteiger partial charge in [-0.05, 0) is 26.8 Å². The second-order valence-electron chi connectivity index (χ2n) is 4.52. The first-order valence-electron chi connectivity index (χ1n) is 7.56. The number of hydrogen-bond donors (Lipinski definition) is 1. The number of esters is 1. The molecule has 0 heterocycles. The lowest BCUT2D eigenvalue weighted by Crippen LogP contribution is -2.14. The normalized spacial score (nSPS) is 12.4. The van der Waals surface area contributed by atoms with Gasteiger partial charge in [-0.3, -0.25) is 14.7 Å². The van der Waals surface area contributed by atoms with Crippen molar-refractivity contribution in [2.45, 2.75) is 20.8 Å². The van der Waals surface area contributed by atoms with E-state index in [-0.39, 0.29) is 25.4 Å². The van der Waals surface area contributed by atoms with E-state index in [1.165, 1.54) is 39.0 Å². The van der Waals surface area contributed by atoms with Crippen LogP contribution in [0.1, 0.15) is 26.3 Å². The van der Waals surface area contributed by atoms with Crippen molar-refractivity contribution in [3.05, 3.63) is 45.3 Å². The van der Waals surface area contributed by atoms with Gasteiger partial charge in [-0.1, -0.05) is 12.1 Å². The lowest BCUT2D eigenvalue weighted by Gasteiger charge is -2.20. The van der Waals surface area contributed by atoms with Crippen molar-refractivity contribution in [1.82, 2.24) is 0 Å². The van der Waals surface area contributed by atoms with E-state index >= 15 is 0 Å². The van der Waals surface area contributed by atoms with Crippen molar-refractivity contribution < 1.29 is 33.2 Å². The highest BCUT2D eigenvalue weighted by molar-refractivity contribution is 7.60. The summed E-state index contributed by atoms with van der Waals surface area (Å²) in [6.07, 6.45) is 0. The molecule has 0 aliphatic carbocycles. The van der Waals surface area contributed by atoms with Crippen LogP contribution >= 0.6 is 7.60 Å². The van der Waals surface area contributed by atoms with E-state index < -0.39 is 35.2 Å².